The quantitative estimate of drug-likeness (QED) is 0.455. The fourth-order valence-corrected chi connectivity index (χ4v) is 3.92. The van der Waals surface area contributed by atoms with Crippen LogP contribution in [0, 0.1) is 5.82 Å². The van der Waals surface area contributed by atoms with Gasteiger partial charge in [-0.3, -0.25) is 14.6 Å². The summed E-state index contributed by atoms with van der Waals surface area (Å²) in [7, 11) is 1.80. The van der Waals surface area contributed by atoms with Crippen molar-refractivity contribution in [3.8, 4) is 17.3 Å². The summed E-state index contributed by atoms with van der Waals surface area (Å²) in [5.74, 6) is 0.910. The second-order valence-electron chi connectivity index (χ2n) is 8.27. The molecule has 35 heavy (non-hydrogen) atoms. The van der Waals surface area contributed by atoms with Crippen molar-refractivity contribution in [1.29, 1.82) is 0 Å². The third-order valence-corrected chi connectivity index (χ3v) is 5.47. The van der Waals surface area contributed by atoms with Crippen molar-refractivity contribution in [1.82, 2.24) is 20.3 Å². The number of hydrogen-bond donors (Lipinski definition) is 2. The van der Waals surface area contributed by atoms with Gasteiger partial charge >= 0.3 is 0 Å². The molecule has 2 amide bonds. The van der Waals surface area contributed by atoms with E-state index in [0.29, 0.717) is 41.9 Å². The Morgan fingerprint density at radius 1 is 1.17 bits per heavy atom. The first-order valence-corrected chi connectivity index (χ1v) is 11.4. The molecule has 4 rings (SSSR count). The van der Waals surface area contributed by atoms with Gasteiger partial charge in [-0.25, -0.2) is 14.4 Å². The number of amides is 2. The van der Waals surface area contributed by atoms with Crippen LogP contribution in [0.3, 0.4) is 0 Å². The van der Waals surface area contributed by atoms with Crippen molar-refractivity contribution in [2.24, 2.45) is 0 Å². The van der Waals surface area contributed by atoms with Crippen molar-refractivity contribution in [3.63, 3.8) is 0 Å². The van der Waals surface area contributed by atoms with Gasteiger partial charge in [0.05, 0.1) is 13.1 Å². The number of aromatic nitrogens is 3. The summed E-state index contributed by atoms with van der Waals surface area (Å²) in [6.07, 6.45) is 4.24. The molecule has 0 saturated heterocycles. The number of likely N-dealkylation sites (N-methyl/N-ethyl adjacent to an activating group) is 1. The molecular formula is C25H27FN6O3. The maximum atomic E-state index is 13.4. The Morgan fingerprint density at radius 3 is 2.83 bits per heavy atom. The van der Waals surface area contributed by atoms with Crippen LogP contribution in [0.2, 0.25) is 0 Å². The Kier molecular flexibility index (Phi) is 7.49. The maximum Gasteiger partial charge on any atom is 0.243 e. The van der Waals surface area contributed by atoms with Crippen LogP contribution in [0.5, 0.6) is 5.75 Å². The van der Waals surface area contributed by atoms with Crippen LogP contribution >= 0.6 is 0 Å². The predicted octanol–water partition coefficient (Wildman–Crippen LogP) is 2.76. The van der Waals surface area contributed by atoms with Crippen molar-refractivity contribution < 1.29 is 18.7 Å². The number of rotatable bonds is 9. The van der Waals surface area contributed by atoms with Crippen LogP contribution in [0.25, 0.3) is 11.5 Å². The molecule has 1 aliphatic rings. The molecule has 0 fully saturated rings. The number of nitrogens with one attached hydrogen (secondary N) is 2. The molecule has 2 aromatic heterocycles. The van der Waals surface area contributed by atoms with E-state index < -0.39 is 5.82 Å². The van der Waals surface area contributed by atoms with Gasteiger partial charge < -0.3 is 20.3 Å². The fourth-order valence-electron chi connectivity index (χ4n) is 3.92. The summed E-state index contributed by atoms with van der Waals surface area (Å²) in [5, 5.41) is 5.40. The Labute approximate surface area is 202 Å². The number of hydrogen-bond acceptors (Lipinski definition) is 7. The van der Waals surface area contributed by atoms with Crippen molar-refractivity contribution in [2.75, 3.05) is 37.0 Å². The van der Waals surface area contributed by atoms with E-state index in [-0.39, 0.29) is 18.4 Å². The third kappa shape index (κ3) is 6.28. The van der Waals surface area contributed by atoms with Crippen LogP contribution in [0.15, 0.2) is 42.6 Å². The van der Waals surface area contributed by atoms with Gasteiger partial charge in [0.2, 0.25) is 11.8 Å². The molecule has 0 aliphatic heterocycles. The second-order valence-corrected chi connectivity index (χ2v) is 8.27. The lowest BCUT2D eigenvalue weighted by Gasteiger charge is -2.21. The fraction of sp³-hybridized carbons (Fsp3) is 0.320. The number of anilines is 2. The minimum atomic E-state index is -0.414. The zero-order valence-corrected chi connectivity index (χ0v) is 19.7. The van der Waals surface area contributed by atoms with Gasteiger partial charge in [0.1, 0.15) is 29.7 Å². The third-order valence-electron chi connectivity index (χ3n) is 5.47. The van der Waals surface area contributed by atoms with E-state index in [0.717, 1.165) is 30.5 Å². The van der Waals surface area contributed by atoms with Gasteiger partial charge in [-0.1, -0.05) is 6.07 Å². The van der Waals surface area contributed by atoms with Crippen LogP contribution in [-0.2, 0) is 22.4 Å². The maximum absolute atomic E-state index is 13.4. The zero-order chi connectivity index (χ0) is 24.8. The van der Waals surface area contributed by atoms with Gasteiger partial charge in [-0.05, 0) is 43.5 Å². The smallest absolute Gasteiger partial charge is 0.243 e. The summed E-state index contributed by atoms with van der Waals surface area (Å²) in [6, 6.07) is 9.26. The predicted molar refractivity (Wildman–Crippen MR) is 130 cm³/mol. The summed E-state index contributed by atoms with van der Waals surface area (Å²) in [4.78, 5) is 39.3. The Bertz CT molecular complexity index is 1240. The second kappa shape index (κ2) is 10.9. The van der Waals surface area contributed by atoms with Gasteiger partial charge in [0, 0.05) is 43.2 Å². The Balaban J connectivity index is 1.51. The van der Waals surface area contributed by atoms with Crippen LogP contribution in [0.1, 0.15) is 24.6 Å². The average Bonchev–Trinajstić information content (AvgIpc) is 3.30. The van der Waals surface area contributed by atoms with Gasteiger partial charge in [-0.15, -0.1) is 0 Å². The number of carbonyl (C=O) groups is 2. The highest BCUT2D eigenvalue weighted by molar-refractivity contribution is 5.94. The van der Waals surface area contributed by atoms with Gasteiger partial charge in [-0.2, -0.15) is 0 Å². The average molecular weight is 479 g/mol. The topological polar surface area (TPSA) is 109 Å². The van der Waals surface area contributed by atoms with Gasteiger partial charge in [0.25, 0.3) is 0 Å². The molecule has 2 N–H and O–H groups in total. The van der Waals surface area contributed by atoms with Crippen LogP contribution in [0.4, 0.5) is 15.9 Å². The number of fused-ring (bicyclic) bond motifs is 1. The molecule has 0 unspecified atom stereocenters. The number of benzene rings is 1. The first-order valence-electron chi connectivity index (χ1n) is 11.4. The number of nitrogens with zero attached hydrogens (tertiary/aromatic N) is 4. The number of ether oxygens (including phenoxy) is 1. The molecule has 1 aromatic carbocycles. The molecule has 2 heterocycles. The first kappa shape index (κ1) is 24.1. The summed E-state index contributed by atoms with van der Waals surface area (Å²) in [5.41, 5.74) is 2.92. The van der Waals surface area contributed by atoms with E-state index in [1.54, 1.807) is 42.4 Å². The monoisotopic (exact) mass is 478 g/mol. The van der Waals surface area contributed by atoms with E-state index in [1.807, 2.05) is 0 Å². The van der Waals surface area contributed by atoms with E-state index in [4.69, 9.17) is 14.7 Å². The first-order chi connectivity index (χ1) is 16.9. The molecule has 0 saturated carbocycles. The molecule has 0 spiro atoms. The molecule has 182 valence electrons. The lowest BCUT2D eigenvalue weighted by molar-refractivity contribution is -0.119. The standard InChI is InChI=1S/C25H27FN6O3/c1-16(33)27-11-12-35-19-9-10-28-22(14-19)24-30-21-8-4-7-20(21)25(31-24)32(2)15-23(34)29-18-6-3-5-17(26)13-18/h3,5-6,9-10,13-14H,4,7-8,11-12,15H2,1-2H3,(H,27,33)(H,29,34). The van der Waals surface area contributed by atoms with E-state index in [2.05, 4.69) is 15.6 Å². The molecule has 0 bridgehead atoms. The zero-order valence-electron chi connectivity index (χ0n) is 19.7. The molecule has 3 aromatic rings. The van der Waals surface area contributed by atoms with E-state index in [9.17, 15) is 14.0 Å². The molecule has 10 heteroatoms. The molecule has 0 radical (unpaired) electrons. The van der Waals surface area contributed by atoms with Crippen LogP contribution in [-0.4, -0.2) is 53.5 Å². The number of aryl methyl sites for hydroxylation is 1. The largest absolute Gasteiger partial charge is 0.492 e. The Hall–Kier alpha value is -4.08. The normalized spacial score (nSPS) is 12.1. The van der Waals surface area contributed by atoms with Gasteiger partial charge in [0.15, 0.2) is 5.82 Å². The summed E-state index contributed by atoms with van der Waals surface area (Å²) >= 11 is 0. The van der Waals surface area contributed by atoms with E-state index in [1.165, 1.54) is 19.1 Å². The van der Waals surface area contributed by atoms with Crippen molar-refractivity contribution >= 4 is 23.3 Å². The van der Waals surface area contributed by atoms with Crippen molar-refractivity contribution in [3.05, 3.63) is 59.7 Å². The lowest BCUT2D eigenvalue weighted by atomic mass is 10.2. The minimum Gasteiger partial charge on any atom is -0.492 e. The molecular weight excluding hydrogens is 451 g/mol. The molecule has 9 nitrogen and oxygen atoms in total. The number of carbonyl (C=O) groups excluding carboxylic acids is 2. The highest BCUT2D eigenvalue weighted by Crippen LogP contribution is 2.31. The molecule has 0 atom stereocenters. The highest BCUT2D eigenvalue weighted by atomic mass is 19.1. The number of halogens is 1. The lowest BCUT2D eigenvalue weighted by Crippen LogP contribution is -2.31. The summed E-state index contributed by atoms with van der Waals surface area (Å²) in [6.45, 7) is 2.21. The Morgan fingerprint density at radius 2 is 2.03 bits per heavy atom. The minimum absolute atomic E-state index is 0.0408. The van der Waals surface area contributed by atoms with Crippen molar-refractivity contribution in [2.45, 2.75) is 26.2 Å². The number of pyridine rings is 1. The van der Waals surface area contributed by atoms with Crippen LogP contribution < -0.4 is 20.3 Å². The highest BCUT2D eigenvalue weighted by Gasteiger charge is 2.23. The van der Waals surface area contributed by atoms with E-state index >= 15 is 0 Å². The SMILES string of the molecule is CC(=O)NCCOc1ccnc(-c2nc3c(c(N(C)CC(=O)Nc4cccc(F)c4)n2)CCC3)c1. The molecule has 1 aliphatic carbocycles. The summed E-state index contributed by atoms with van der Waals surface area (Å²) < 4.78 is 19.1.